The van der Waals surface area contributed by atoms with E-state index in [0.29, 0.717) is 18.5 Å². The highest BCUT2D eigenvalue weighted by Crippen LogP contribution is 2.32. The molecule has 166 valence electrons. The van der Waals surface area contributed by atoms with Crippen LogP contribution in [0.4, 0.5) is 17.6 Å². The van der Waals surface area contributed by atoms with E-state index in [2.05, 4.69) is 4.98 Å². The molecule has 0 aliphatic carbocycles. The molecule has 1 aromatic heterocycles. The summed E-state index contributed by atoms with van der Waals surface area (Å²) in [5, 5.41) is 0. The quantitative estimate of drug-likeness (QED) is 0.473. The molecule has 0 saturated carbocycles. The smallest absolute Gasteiger partial charge is 0.334 e. The zero-order valence-corrected chi connectivity index (χ0v) is 17.3. The van der Waals surface area contributed by atoms with Crippen molar-refractivity contribution in [2.24, 2.45) is 0 Å². The standard InChI is InChI=1S/C25H22F4N2O/c26-21-9-6-17(7-10-21)15-24(32)31-12-2-5-23(31)22-11-8-19(16-30-22)13-18-3-1-4-20(14-18)25(27,28)29/h1,3-4,6-11,14,16,23H,2,5,12-13,15H2/t23-/m1/s1. The third kappa shape index (κ3) is 5.15. The summed E-state index contributed by atoms with van der Waals surface area (Å²) >= 11 is 0. The van der Waals surface area contributed by atoms with E-state index >= 15 is 0 Å². The maximum Gasteiger partial charge on any atom is 0.416 e. The lowest BCUT2D eigenvalue weighted by atomic mass is 10.0. The molecule has 0 N–H and O–H groups in total. The second-order valence-electron chi connectivity index (χ2n) is 8.01. The van der Waals surface area contributed by atoms with Crippen LogP contribution in [-0.2, 0) is 23.8 Å². The van der Waals surface area contributed by atoms with Crippen molar-refractivity contribution in [1.29, 1.82) is 0 Å². The lowest BCUT2D eigenvalue weighted by molar-refractivity contribution is -0.137. The number of pyridine rings is 1. The van der Waals surface area contributed by atoms with Gasteiger partial charge in [0.2, 0.25) is 5.91 Å². The van der Waals surface area contributed by atoms with Crippen molar-refractivity contribution < 1.29 is 22.4 Å². The van der Waals surface area contributed by atoms with Crippen molar-refractivity contribution >= 4 is 5.91 Å². The first-order chi connectivity index (χ1) is 15.3. The highest BCUT2D eigenvalue weighted by atomic mass is 19.4. The predicted molar refractivity (Wildman–Crippen MR) is 112 cm³/mol. The summed E-state index contributed by atoms with van der Waals surface area (Å²) in [7, 11) is 0. The second kappa shape index (κ2) is 9.10. The molecule has 1 atom stereocenters. The average molecular weight is 442 g/mol. The van der Waals surface area contributed by atoms with Crippen molar-refractivity contribution in [2.45, 2.75) is 37.9 Å². The zero-order valence-electron chi connectivity index (χ0n) is 17.3. The van der Waals surface area contributed by atoms with Crippen LogP contribution in [-0.4, -0.2) is 22.3 Å². The van der Waals surface area contributed by atoms with Crippen LogP contribution in [0.3, 0.4) is 0 Å². The molecule has 7 heteroatoms. The van der Waals surface area contributed by atoms with Crippen LogP contribution in [0.5, 0.6) is 0 Å². The van der Waals surface area contributed by atoms with Gasteiger partial charge >= 0.3 is 6.18 Å². The maximum absolute atomic E-state index is 13.1. The average Bonchev–Trinajstić information content (AvgIpc) is 3.26. The Labute approximate surface area is 183 Å². The van der Waals surface area contributed by atoms with Gasteiger partial charge in [-0.2, -0.15) is 13.2 Å². The molecule has 0 unspecified atom stereocenters. The van der Waals surface area contributed by atoms with E-state index < -0.39 is 11.7 Å². The molecule has 32 heavy (non-hydrogen) atoms. The number of benzene rings is 2. The van der Waals surface area contributed by atoms with Gasteiger partial charge in [-0.15, -0.1) is 0 Å². The normalized spacial score (nSPS) is 16.4. The number of alkyl halides is 3. The summed E-state index contributed by atoms with van der Waals surface area (Å²) in [6.07, 6.45) is -0.497. The molecule has 1 saturated heterocycles. The minimum atomic E-state index is -4.37. The molecule has 4 rings (SSSR count). The third-order valence-corrected chi connectivity index (χ3v) is 5.69. The Morgan fingerprint density at radius 2 is 1.75 bits per heavy atom. The predicted octanol–water partition coefficient (Wildman–Crippen LogP) is 5.74. The molecule has 0 bridgehead atoms. The van der Waals surface area contributed by atoms with Crippen LogP contribution in [0, 0.1) is 5.82 Å². The van der Waals surface area contributed by atoms with Crippen molar-refractivity contribution in [2.75, 3.05) is 6.54 Å². The van der Waals surface area contributed by atoms with Crippen LogP contribution in [0.2, 0.25) is 0 Å². The summed E-state index contributed by atoms with van der Waals surface area (Å²) in [6, 6.07) is 14.7. The van der Waals surface area contributed by atoms with Gasteiger partial charge in [-0.05, 0) is 60.2 Å². The number of carbonyl (C=O) groups is 1. The van der Waals surface area contributed by atoms with E-state index in [-0.39, 0.29) is 24.2 Å². The van der Waals surface area contributed by atoms with E-state index in [9.17, 15) is 22.4 Å². The van der Waals surface area contributed by atoms with Crippen molar-refractivity contribution in [3.8, 4) is 0 Å². The van der Waals surface area contributed by atoms with E-state index in [1.807, 2.05) is 12.1 Å². The summed E-state index contributed by atoms with van der Waals surface area (Å²) < 4.78 is 51.9. The Bertz CT molecular complexity index is 1080. The number of hydrogen-bond acceptors (Lipinski definition) is 2. The molecule has 1 aliphatic heterocycles. The summed E-state index contributed by atoms with van der Waals surface area (Å²) in [5.74, 6) is -0.372. The fourth-order valence-corrected chi connectivity index (χ4v) is 4.08. The number of likely N-dealkylation sites (tertiary alicyclic amines) is 1. The van der Waals surface area contributed by atoms with Crippen LogP contribution in [0.25, 0.3) is 0 Å². The number of aromatic nitrogens is 1. The van der Waals surface area contributed by atoms with Gasteiger partial charge < -0.3 is 4.90 Å². The van der Waals surface area contributed by atoms with Gasteiger partial charge in [-0.1, -0.05) is 36.4 Å². The lowest BCUT2D eigenvalue weighted by Crippen LogP contribution is -2.32. The molecular weight excluding hydrogens is 420 g/mol. The van der Waals surface area contributed by atoms with E-state index in [1.165, 1.54) is 18.2 Å². The number of carbonyl (C=O) groups excluding carboxylic acids is 1. The topological polar surface area (TPSA) is 33.2 Å². The Hall–Kier alpha value is -3.22. The molecule has 2 heterocycles. The molecule has 0 spiro atoms. The summed E-state index contributed by atoms with van der Waals surface area (Å²) in [6.45, 7) is 0.637. The first-order valence-corrected chi connectivity index (χ1v) is 10.4. The number of nitrogens with zero attached hydrogens (tertiary/aromatic N) is 2. The van der Waals surface area contributed by atoms with Crippen LogP contribution in [0.1, 0.15) is 46.8 Å². The van der Waals surface area contributed by atoms with Crippen LogP contribution >= 0.6 is 0 Å². The van der Waals surface area contributed by atoms with Crippen molar-refractivity contribution in [3.05, 3.63) is 101 Å². The fraction of sp³-hybridized carbons (Fsp3) is 0.280. The Balaban J connectivity index is 1.44. The first-order valence-electron chi connectivity index (χ1n) is 10.4. The first kappa shape index (κ1) is 22.0. The van der Waals surface area contributed by atoms with Gasteiger partial charge in [0.25, 0.3) is 0 Å². The maximum atomic E-state index is 13.1. The molecule has 3 nitrogen and oxygen atoms in total. The van der Waals surface area contributed by atoms with E-state index in [1.54, 1.807) is 29.3 Å². The molecule has 3 aromatic rings. The summed E-state index contributed by atoms with van der Waals surface area (Å²) in [4.78, 5) is 19.1. The number of hydrogen-bond donors (Lipinski definition) is 0. The van der Waals surface area contributed by atoms with Crippen LogP contribution < -0.4 is 0 Å². The molecular formula is C25H22F4N2O. The monoisotopic (exact) mass is 442 g/mol. The molecule has 1 amide bonds. The van der Waals surface area contributed by atoms with Gasteiger partial charge in [-0.25, -0.2) is 4.39 Å². The highest BCUT2D eigenvalue weighted by Gasteiger charge is 2.31. The van der Waals surface area contributed by atoms with Crippen molar-refractivity contribution in [3.63, 3.8) is 0 Å². The van der Waals surface area contributed by atoms with E-state index in [0.717, 1.165) is 41.8 Å². The third-order valence-electron chi connectivity index (χ3n) is 5.69. The largest absolute Gasteiger partial charge is 0.416 e. The number of halogens is 4. The molecule has 1 fully saturated rings. The molecule has 1 aliphatic rings. The van der Waals surface area contributed by atoms with Gasteiger partial charge in [-0.3, -0.25) is 9.78 Å². The Morgan fingerprint density at radius 1 is 1.00 bits per heavy atom. The van der Waals surface area contributed by atoms with Gasteiger partial charge in [0.15, 0.2) is 0 Å². The number of rotatable bonds is 5. The van der Waals surface area contributed by atoms with Gasteiger partial charge in [0.05, 0.1) is 23.7 Å². The molecule has 0 radical (unpaired) electrons. The minimum absolute atomic E-state index is 0.0334. The lowest BCUT2D eigenvalue weighted by Gasteiger charge is -2.24. The number of amides is 1. The fourth-order valence-electron chi connectivity index (χ4n) is 4.08. The van der Waals surface area contributed by atoms with Gasteiger partial charge in [0.1, 0.15) is 5.82 Å². The van der Waals surface area contributed by atoms with Gasteiger partial charge in [0, 0.05) is 12.7 Å². The zero-order chi connectivity index (χ0) is 22.7. The summed E-state index contributed by atoms with van der Waals surface area (Å²) in [5.41, 5.74) is 2.22. The van der Waals surface area contributed by atoms with E-state index in [4.69, 9.17) is 0 Å². The Morgan fingerprint density at radius 3 is 2.44 bits per heavy atom. The van der Waals surface area contributed by atoms with Crippen molar-refractivity contribution in [1.82, 2.24) is 9.88 Å². The van der Waals surface area contributed by atoms with Crippen LogP contribution in [0.15, 0.2) is 66.9 Å². The molecule has 2 aromatic carbocycles. The Kier molecular flexibility index (Phi) is 6.26. The highest BCUT2D eigenvalue weighted by molar-refractivity contribution is 5.79. The second-order valence-corrected chi connectivity index (χ2v) is 8.01. The SMILES string of the molecule is O=C(Cc1ccc(F)cc1)N1CCC[C@@H]1c1ccc(Cc2cccc(C(F)(F)F)c2)cn1. The minimum Gasteiger partial charge on any atom is -0.334 e.